The van der Waals surface area contributed by atoms with Gasteiger partial charge in [0.15, 0.2) is 0 Å². The van der Waals surface area contributed by atoms with Crippen molar-refractivity contribution in [3.63, 3.8) is 0 Å². The Kier molecular flexibility index (Phi) is 9.29. The van der Waals surface area contributed by atoms with Crippen molar-refractivity contribution in [2.45, 2.75) is 96.4 Å². The van der Waals surface area contributed by atoms with Crippen LogP contribution in [0.1, 0.15) is 86.0 Å². The number of aryl methyl sites for hydroxylation is 3. The number of hydrogen-bond acceptors (Lipinski definition) is 6. The largest absolute Gasteiger partial charge is 0.446 e. The van der Waals surface area contributed by atoms with E-state index in [1.807, 2.05) is 36.5 Å². The first kappa shape index (κ1) is 32.1. The summed E-state index contributed by atoms with van der Waals surface area (Å²) in [5.41, 5.74) is 5.53. The van der Waals surface area contributed by atoms with Crippen molar-refractivity contribution in [3.8, 4) is 0 Å². The number of aromatic nitrogens is 3. The van der Waals surface area contributed by atoms with Crippen molar-refractivity contribution >= 4 is 23.6 Å². The Morgan fingerprint density at radius 1 is 1.02 bits per heavy atom. The second-order valence-corrected chi connectivity index (χ2v) is 14.9. The zero-order valence-corrected chi connectivity index (χ0v) is 28.5. The molecule has 0 N–H and O–H groups in total. The Labute approximate surface area is 283 Å². The van der Waals surface area contributed by atoms with Gasteiger partial charge in [-0.1, -0.05) is 37.1 Å². The quantitative estimate of drug-likeness (QED) is 0.324. The average molecular weight is 659 g/mol. The maximum absolute atomic E-state index is 14.7. The Morgan fingerprint density at radius 3 is 2.66 bits per heavy atom. The lowest BCUT2D eigenvalue weighted by Gasteiger charge is -2.47. The van der Waals surface area contributed by atoms with Gasteiger partial charge < -0.3 is 14.2 Å². The van der Waals surface area contributed by atoms with E-state index in [-0.39, 0.29) is 29.6 Å². The third kappa shape index (κ3) is 6.93. The number of carbonyl (C=O) groups excluding carboxylic acids is 2. The molecule has 2 aliphatic carbocycles. The van der Waals surface area contributed by atoms with Gasteiger partial charge in [-0.25, -0.2) is 9.78 Å². The molecule has 7 rings (SSSR count). The molecule has 250 valence electrons. The number of amides is 2. The molecule has 1 saturated carbocycles. The number of ether oxygens (including phenoxy) is 1. The number of pyridine rings is 1. The summed E-state index contributed by atoms with van der Waals surface area (Å²) in [6, 6.07) is 9.54. The first-order valence-electron chi connectivity index (χ1n) is 17.5. The summed E-state index contributed by atoms with van der Waals surface area (Å²) >= 11 is 6.49. The monoisotopic (exact) mass is 658 g/mol. The third-order valence-corrected chi connectivity index (χ3v) is 11.0. The first-order chi connectivity index (χ1) is 22.8. The van der Waals surface area contributed by atoms with E-state index in [1.54, 1.807) is 4.90 Å². The molecule has 3 atom stereocenters. The normalized spacial score (nSPS) is 25.5. The fourth-order valence-electron chi connectivity index (χ4n) is 8.46. The molecule has 4 aliphatic rings. The van der Waals surface area contributed by atoms with Crippen LogP contribution in [0.2, 0.25) is 5.02 Å². The number of hydrogen-bond donors (Lipinski definition) is 0. The van der Waals surface area contributed by atoms with Crippen molar-refractivity contribution in [1.82, 2.24) is 29.2 Å². The van der Waals surface area contributed by atoms with E-state index >= 15 is 0 Å². The number of benzene rings is 1. The van der Waals surface area contributed by atoms with Crippen LogP contribution in [0.3, 0.4) is 0 Å². The lowest BCUT2D eigenvalue weighted by Crippen LogP contribution is -2.63. The lowest BCUT2D eigenvalue weighted by molar-refractivity contribution is -0.143. The van der Waals surface area contributed by atoms with Crippen molar-refractivity contribution in [1.29, 1.82) is 0 Å². The van der Waals surface area contributed by atoms with Gasteiger partial charge in [0.05, 0.1) is 23.8 Å². The molecule has 0 unspecified atom stereocenters. The molecule has 47 heavy (non-hydrogen) atoms. The van der Waals surface area contributed by atoms with Crippen molar-refractivity contribution in [2.24, 2.45) is 5.41 Å². The summed E-state index contributed by atoms with van der Waals surface area (Å²) in [4.78, 5) is 44.1. The SMILES string of the molecule is Cc1cn(C[C@@]2(C)CCCN(C(=O)[C@H]3CN([C@H]4c5ccc(Cl)cc5CCc5cccnc54)CCN3C(=O)OC3CCCCC3)C2)cn1. The minimum absolute atomic E-state index is 0.00854. The maximum Gasteiger partial charge on any atom is 0.410 e. The van der Waals surface area contributed by atoms with Crippen molar-refractivity contribution < 1.29 is 14.3 Å². The van der Waals surface area contributed by atoms with Crippen molar-refractivity contribution in [2.75, 3.05) is 32.7 Å². The van der Waals surface area contributed by atoms with Crippen molar-refractivity contribution in [3.05, 3.63) is 82.2 Å². The zero-order chi connectivity index (χ0) is 32.5. The summed E-state index contributed by atoms with van der Waals surface area (Å²) in [6.07, 6.45) is 14.2. The second kappa shape index (κ2) is 13.6. The number of piperidine rings is 1. The van der Waals surface area contributed by atoms with Gasteiger partial charge in [0.2, 0.25) is 5.91 Å². The summed E-state index contributed by atoms with van der Waals surface area (Å²) in [6.45, 7) is 7.84. The molecule has 0 bridgehead atoms. The molecule has 3 aromatic rings. The van der Waals surface area contributed by atoms with Crippen LogP contribution in [0.25, 0.3) is 0 Å². The van der Waals surface area contributed by atoms with Gasteiger partial charge in [-0.15, -0.1) is 0 Å². The fraction of sp³-hybridized carbons (Fsp3) is 0.568. The van der Waals surface area contributed by atoms with E-state index < -0.39 is 6.04 Å². The Balaban J connectivity index is 1.19. The number of carbonyl (C=O) groups is 2. The highest BCUT2D eigenvalue weighted by Crippen LogP contribution is 2.39. The van der Waals surface area contributed by atoms with E-state index in [0.29, 0.717) is 32.7 Å². The minimum Gasteiger partial charge on any atom is -0.446 e. The van der Waals surface area contributed by atoms with Gasteiger partial charge >= 0.3 is 6.09 Å². The zero-order valence-electron chi connectivity index (χ0n) is 27.7. The highest BCUT2D eigenvalue weighted by Gasteiger charge is 2.44. The number of fused-ring (bicyclic) bond motifs is 2. The molecule has 2 amide bonds. The van der Waals surface area contributed by atoms with Crippen LogP contribution in [-0.4, -0.2) is 86.1 Å². The number of imidazole rings is 1. The molecule has 4 heterocycles. The van der Waals surface area contributed by atoms with Gasteiger partial charge in [0.25, 0.3) is 0 Å². The van der Waals surface area contributed by atoms with Crippen LogP contribution >= 0.6 is 11.6 Å². The average Bonchev–Trinajstić information content (AvgIpc) is 3.40. The third-order valence-electron chi connectivity index (χ3n) is 10.8. The topological polar surface area (TPSA) is 83.8 Å². The smallest absolute Gasteiger partial charge is 0.410 e. The molecule has 2 aliphatic heterocycles. The lowest BCUT2D eigenvalue weighted by atomic mass is 9.81. The Hall–Kier alpha value is -3.43. The van der Waals surface area contributed by atoms with Crippen LogP contribution in [0.15, 0.2) is 49.1 Å². The molecule has 2 aromatic heterocycles. The van der Waals surface area contributed by atoms with Gasteiger partial charge in [0, 0.05) is 62.1 Å². The molecule has 10 heteroatoms. The van der Waals surface area contributed by atoms with E-state index in [4.69, 9.17) is 21.3 Å². The number of rotatable bonds is 5. The molecular weight excluding hydrogens is 612 g/mol. The minimum atomic E-state index is -0.649. The van der Waals surface area contributed by atoms with Gasteiger partial charge in [-0.3, -0.25) is 19.6 Å². The molecule has 1 aromatic carbocycles. The molecule has 3 fully saturated rings. The number of piperazine rings is 1. The summed E-state index contributed by atoms with van der Waals surface area (Å²) in [7, 11) is 0. The number of nitrogens with zero attached hydrogens (tertiary/aromatic N) is 6. The van der Waals surface area contributed by atoms with E-state index in [9.17, 15) is 9.59 Å². The molecular formula is C37H47ClN6O3. The highest BCUT2D eigenvalue weighted by molar-refractivity contribution is 6.30. The highest BCUT2D eigenvalue weighted by atomic mass is 35.5. The van der Waals surface area contributed by atoms with Crippen LogP contribution in [0, 0.1) is 12.3 Å². The van der Waals surface area contributed by atoms with Gasteiger partial charge in [-0.05, 0) is 93.2 Å². The fourth-order valence-corrected chi connectivity index (χ4v) is 8.65. The van der Waals surface area contributed by atoms with Gasteiger partial charge in [0.1, 0.15) is 12.1 Å². The van der Waals surface area contributed by atoms with Gasteiger partial charge in [-0.2, -0.15) is 0 Å². The van der Waals surface area contributed by atoms with Crippen LogP contribution in [0.5, 0.6) is 0 Å². The molecule has 2 saturated heterocycles. The Bertz CT molecular complexity index is 1600. The predicted octanol–water partition coefficient (Wildman–Crippen LogP) is 6.21. The maximum atomic E-state index is 14.7. The Morgan fingerprint density at radius 2 is 1.85 bits per heavy atom. The van der Waals surface area contributed by atoms with Crippen LogP contribution < -0.4 is 0 Å². The standard InChI is InChI=1S/C37H47ClN6O3/c1-26-21-41(25-40-26)23-37(2)15-7-17-43(24-37)35(45)32-22-42(18-19-44(32)36(46)47-30-9-4-3-5-10-30)34-31-14-13-29(38)20-28(31)12-11-27-8-6-16-39-33(27)34/h6,8,13-14,16,20-21,25,30,32,34H,3-5,7,9-12,15,17-19,22-24H2,1-2H3/t32-,34+,37-/m1/s1. The van der Waals surface area contributed by atoms with Crippen LogP contribution in [0.4, 0.5) is 4.79 Å². The van der Waals surface area contributed by atoms with Crippen LogP contribution in [-0.2, 0) is 28.9 Å². The molecule has 9 nitrogen and oxygen atoms in total. The summed E-state index contributed by atoms with van der Waals surface area (Å²) in [5.74, 6) is 0.00854. The first-order valence-corrected chi connectivity index (χ1v) is 17.8. The summed E-state index contributed by atoms with van der Waals surface area (Å²) in [5, 5.41) is 0.726. The summed E-state index contributed by atoms with van der Waals surface area (Å²) < 4.78 is 8.25. The van der Waals surface area contributed by atoms with E-state index in [2.05, 4.69) is 45.8 Å². The van der Waals surface area contributed by atoms with E-state index in [1.165, 1.54) is 23.1 Å². The molecule has 0 spiro atoms. The van der Waals surface area contributed by atoms with E-state index in [0.717, 1.165) is 74.3 Å². The molecule has 0 radical (unpaired) electrons. The number of likely N-dealkylation sites (tertiary alicyclic amines) is 1. The predicted molar refractivity (Wildman–Crippen MR) is 181 cm³/mol. The second-order valence-electron chi connectivity index (χ2n) is 14.5. The number of halogens is 1.